The predicted octanol–water partition coefficient (Wildman–Crippen LogP) is 0.261. The first kappa shape index (κ1) is 18.3. The van der Waals surface area contributed by atoms with Crippen LogP contribution >= 0.6 is 0 Å². The van der Waals surface area contributed by atoms with Crippen LogP contribution < -0.4 is 15.1 Å². The molecule has 3 rings (SSSR count). The van der Waals surface area contributed by atoms with E-state index in [0.717, 1.165) is 32.7 Å². The summed E-state index contributed by atoms with van der Waals surface area (Å²) in [5.41, 5.74) is 1.48. The summed E-state index contributed by atoms with van der Waals surface area (Å²) in [5.74, 6) is -0.521. The van der Waals surface area contributed by atoms with Crippen molar-refractivity contribution in [3.63, 3.8) is 0 Å². The van der Waals surface area contributed by atoms with Gasteiger partial charge >= 0.3 is 0 Å². The first-order chi connectivity index (χ1) is 12.7. The molecule has 0 aromatic heterocycles. The number of anilines is 1. The molecule has 3 N–H and O–H groups in total. The van der Waals surface area contributed by atoms with Crippen LogP contribution in [0.1, 0.15) is 5.56 Å². The van der Waals surface area contributed by atoms with Gasteiger partial charge in [0.05, 0.1) is 12.2 Å². The molecule has 0 atom stereocenters. The van der Waals surface area contributed by atoms with E-state index in [1.54, 1.807) is 18.2 Å². The van der Waals surface area contributed by atoms with Crippen molar-refractivity contribution in [3.05, 3.63) is 72.1 Å². The number of nitrogens with one attached hydrogen (secondary N) is 3. The summed E-state index contributed by atoms with van der Waals surface area (Å²) in [6, 6.07) is 16.6. The highest BCUT2D eigenvalue weighted by Crippen LogP contribution is 2.11. The Morgan fingerprint density at radius 1 is 0.962 bits per heavy atom. The molecule has 2 aromatic carbocycles. The summed E-state index contributed by atoms with van der Waals surface area (Å²) in [4.78, 5) is 14.9. The molecule has 0 saturated carbocycles. The molecule has 4 nitrogen and oxygen atoms in total. The van der Waals surface area contributed by atoms with E-state index in [2.05, 4.69) is 29.6 Å². The second-order valence-corrected chi connectivity index (χ2v) is 6.72. The van der Waals surface area contributed by atoms with E-state index in [4.69, 9.17) is 0 Å². The molecular weight excluding hydrogens is 329 g/mol. The summed E-state index contributed by atoms with van der Waals surface area (Å²) in [5, 5.41) is 2.67. The molecule has 1 aliphatic heterocycles. The molecule has 1 heterocycles. The zero-order valence-electron chi connectivity index (χ0n) is 14.9. The van der Waals surface area contributed by atoms with Gasteiger partial charge in [0.2, 0.25) is 0 Å². The van der Waals surface area contributed by atoms with Crippen molar-refractivity contribution in [2.45, 2.75) is 0 Å². The molecule has 0 aliphatic carbocycles. The molecule has 1 aliphatic rings. The quantitative estimate of drug-likeness (QED) is 0.683. The molecule has 0 bridgehead atoms. The maximum Gasteiger partial charge on any atom is 0.279 e. The molecule has 1 amide bonds. The number of carbonyl (C=O) groups excluding carboxylic acids is 1. The Labute approximate surface area is 153 Å². The number of hydrogen-bond acceptors (Lipinski definition) is 1. The maximum atomic E-state index is 13.6. The van der Waals surface area contributed by atoms with Crippen LogP contribution in [-0.2, 0) is 4.79 Å². The third-order valence-corrected chi connectivity index (χ3v) is 4.74. The maximum absolute atomic E-state index is 13.6. The Hall–Kier alpha value is -2.50. The summed E-state index contributed by atoms with van der Waals surface area (Å²) in [6.45, 7) is 5.40. The summed E-state index contributed by atoms with van der Waals surface area (Å²) in [6.07, 6.45) is 4.38. The lowest BCUT2D eigenvalue weighted by atomic mass is 10.2. The van der Waals surface area contributed by atoms with Gasteiger partial charge in [0.1, 0.15) is 32.0 Å². The third-order valence-electron chi connectivity index (χ3n) is 4.74. The molecular formula is C21H26FN3O+2. The Kier molecular flexibility index (Phi) is 6.52. The average Bonchev–Trinajstić information content (AvgIpc) is 2.66. The number of benzene rings is 2. The van der Waals surface area contributed by atoms with Gasteiger partial charge in [-0.15, -0.1) is 0 Å². The number of hydrogen-bond donors (Lipinski definition) is 3. The van der Waals surface area contributed by atoms with Gasteiger partial charge in [-0.05, 0) is 23.8 Å². The van der Waals surface area contributed by atoms with Crippen LogP contribution in [0.5, 0.6) is 0 Å². The van der Waals surface area contributed by atoms with Gasteiger partial charge < -0.3 is 15.1 Å². The lowest BCUT2D eigenvalue weighted by Crippen LogP contribution is -3.28. The molecule has 5 heteroatoms. The Balaban J connectivity index is 1.39. The second-order valence-electron chi connectivity index (χ2n) is 6.72. The first-order valence-electron chi connectivity index (χ1n) is 9.14. The van der Waals surface area contributed by atoms with Gasteiger partial charge in [0.15, 0.2) is 6.54 Å². The van der Waals surface area contributed by atoms with Crippen molar-refractivity contribution >= 4 is 17.7 Å². The van der Waals surface area contributed by atoms with Crippen LogP contribution in [0.3, 0.4) is 0 Å². The minimum atomic E-state index is -0.393. The van der Waals surface area contributed by atoms with Gasteiger partial charge in [-0.1, -0.05) is 48.5 Å². The molecule has 2 aromatic rings. The number of amides is 1. The predicted molar refractivity (Wildman–Crippen MR) is 102 cm³/mol. The minimum absolute atomic E-state index is 0.127. The summed E-state index contributed by atoms with van der Waals surface area (Å²) < 4.78 is 13.6. The molecule has 0 radical (unpaired) electrons. The van der Waals surface area contributed by atoms with Crippen LogP contribution in [0.25, 0.3) is 6.08 Å². The highest BCUT2D eigenvalue weighted by molar-refractivity contribution is 5.91. The van der Waals surface area contributed by atoms with Crippen LogP contribution in [-0.4, -0.2) is 45.2 Å². The van der Waals surface area contributed by atoms with Crippen molar-refractivity contribution in [1.82, 2.24) is 0 Å². The highest BCUT2D eigenvalue weighted by atomic mass is 19.1. The third kappa shape index (κ3) is 5.51. The fourth-order valence-corrected chi connectivity index (χ4v) is 3.25. The monoisotopic (exact) mass is 355 g/mol. The molecule has 136 valence electrons. The van der Waals surface area contributed by atoms with Gasteiger partial charge in [0, 0.05) is 0 Å². The van der Waals surface area contributed by atoms with Crippen molar-refractivity contribution in [1.29, 1.82) is 0 Å². The van der Waals surface area contributed by atoms with Crippen LogP contribution in [0.2, 0.25) is 0 Å². The van der Waals surface area contributed by atoms with Crippen molar-refractivity contribution in [2.75, 3.05) is 44.6 Å². The SMILES string of the molecule is O=C(C[NH+]1CC[NH+](C/C=C/c2ccccc2)CC1)Nc1ccccc1F. The average molecular weight is 355 g/mol. The zero-order valence-corrected chi connectivity index (χ0v) is 14.9. The van der Waals surface area contributed by atoms with Gasteiger partial charge in [-0.25, -0.2) is 4.39 Å². The number of piperazine rings is 1. The van der Waals surface area contributed by atoms with E-state index in [9.17, 15) is 9.18 Å². The van der Waals surface area contributed by atoms with Crippen molar-refractivity contribution < 1.29 is 19.0 Å². The van der Waals surface area contributed by atoms with E-state index in [0.29, 0.717) is 6.54 Å². The molecule has 0 spiro atoms. The molecule has 0 unspecified atom stereocenters. The summed E-state index contributed by atoms with van der Waals surface area (Å²) in [7, 11) is 0. The standard InChI is InChI=1S/C21H24FN3O/c22-19-10-4-5-11-20(19)23-21(26)17-25-15-13-24(14-16-25)12-6-9-18-7-2-1-3-8-18/h1-11H,12-17H2,(H,23,26)/p+2/b9-6+. The van der Waals surface area contributed by atoms with Gasteiger partial charge in [-0.2, -0.15) is 0 Å². The molecule has 26 heavy (non-hydrogen) atoms. The largest absolute Gasteiger partial charge is 0.322 e. The lowest BCUT2D eigenvalue weighted by molar-refractivity contribution is -1.01. The Morgan fingerprint density at radius 2 is 1.62 bits per heavy atom. The fraction of sp³-hybridized carbons (Fsp3) is 0.286. The van der Waals surface area contributed by atoms with Crippen molar-refractivity contribution in [3.8, 4) is 0 Å². The van der Waals surface area contributed by atoms with Crippen LogP contribution in [0.4, 0.5) is 10.1 Å². The smallest absolute Gasteiger partial charge is 0.279 e. The van der Waals surface area contributed by atoms with Crippen LogP contribution in [0, 0.1) is 5.82 Å². The second kappa shape index (κ2) is 9.27. The minimum Gasteiger partial charge on any atom is -0.322 e. The van der Waals surface area contributed by atoms with E-state index in [-0.39, 0.29) is 11.6 Å². The van der Waals surface area contributed by atoms with E-state index in [1.165, 1.54) is 21.4 Å². The topological polar surface area (TPSA) is 38.0 Å². The highest BCUT2D eigenvalue weighted by Gasteiger charge is 2.24. The summed E-state index contributed by atoms with van der Waals surface area (Å²) >= 11 is 0. The fourth-order valence-electron chi connectivity index (χ4n) is 3.25. The number of carbonyl (C=O) groups is 1. The van der Waals surface area contributed by atoms with E-state index >= 15 is 0 Å². The molecule has 1 saturated heterocycles. The lowest BCUT2D eigenvalue weighted by Gasteiger charge is -2.28. The number of rotatable bonds is 6. The van der Waals surface area contributed by atoms with Crippen molar-refractivity contribution in [2.24, 2.45) is 0 Å². The van der Waals surface area contributed by atoms with Gasteiger partial charge in [0.25, 0.3) is 5.91 Å². The normalized spacial score (nSPS) is 20.2. The van der Waals surface area contributed by atoms with E-state index < -0.39 is 5.82 Å². The van der Waals surface area contributed by atoms with E-state index in [1.807, 2.05) is 18.2 Å². The Morgan fingerprint density at radius 3 is 2.35 bits per heavy atom. The number of halogens is 1. The Bertz CT molecular complexity index is 740. The molecule has 1 fully saturated rings. The van der Waals surface area contributed by atoms with Crippen LogP contribution in [0.15, 0.2) is 60.7 Å². The number of para-hydroxylation sites is 1. The van der Waals surface area contributed by atoms with Gasteiger partial charge in [-0.3, -0.25) is 4.79 Å². The first-order valence-corrected chi connectivity index (χ1v) is 9.14. The zero-order chi connectivity index (χ0) is 18.2. The number of quaternary nitrogens is 2.